The molecule has 1 aromatic carbocycles. The number of thiazole rings is 1. The van der Waals surface area contributed by atoms with Gasteiger partial charge in [0.15, 0.2) is 5.13 Å². The van der Waals surface area contributed by atoms with Crippen LogP contribution in [0.2, 0.25) is 0 Å². The Kier molecular flexibility index (Phi) is 7.17. The van der Waals surface area contributed by atoms with E-state index >= 15 is 0 Å². The molecule has 0 radical (unpaired) electrons. The number of amides is 1. The van der Waals surface area contributed by atoms with Crippen LogP contribution in [0, 0.1) is 6.92 Å². The maximum atomic E-state index is 12.9. The van der Waals surface area contributed by atoms with E-state index < -0.39 is 23.6 Å². The third-order valence-corrected chi connectivity index (χ3v) is 5.08. The maximum absolute atomic E-state index is 12.9. The zero-order chi connectivity index (χ0) is 20.9. The SMILES string of the molecule is CCCCN(C(=O)c1ccc(C(F)(F)F)cc1)c1nc(C)c(C(=O)OCC)s1. The Balaban J connectivity index is 2.34. The largest absolute Gasteiger partial charge is 0.462 e. The van der Waals surface area contributed by atoms with Crippen molar-refractivity contribution in [2.45, 2.75) is 39.8 Å². The number of unbranched alkanes of at least 4 members (excludes halogenated alkanes) is 1. The van der Waals surface area contributed by atoms with Crippen molar-refractivity contribution in [1.82, 2.24) is 4.98 Å². The molecular formula is C19H21F3N2O3S. The number of alkyl halides is 3. The van der Waals surface area contributed by atoms with E-state index in [2.05, 4.69) is 4.98 Å². The highest BCUT2D eigenvalue weighted by Gasteiger charge is 2.31. The molecule has 152 valence electrons. The fraction of sp³-hybridized carbons (Fsp3) is 0.421. The number of hydrogen-bond donors (Lipinski definition) is 0. The van der Waals surface area contributed by atoms with E-state index in [1.165, 1.54) is 4.90 Å². The average molecular weight is 414 g/mol. The molecule has 5 nitrogen and oxygen atoms in total. The van der Waals surface area contributed by atoms with E-state index in [9.17, 15) is 22.8 Å². The molecule has 0 aliphatic carbocycles. The van der Waals surface area contributed by atoms with Gasteiger partial charge in [0, 0.05) is 12.1 Å². The number of carbonyl (C=O) groups excluding carboxylic acids is 2. The summed E-state index contributed by atoms with van der Waals surface area (Å²) in [5.41, 5.74) is -0.256. The molecule has 0 saturated heterocycles. The Morgan fingerprint density at radius 3 is 2.36 bits per heavy atom. The van der Waals surface area contributed by atoms with Gasteiger partial charge in [0.2, 0.25) is 0 Å². The fourth-order valence-corrected chi connectivity index (χ4v) is 3.43. The molecule has 28 heavy (non-hydrogen) atoms. The van der Waals surface area contributed by atoms with Crippen molar-refractivity contribution in [1.29, 1.82) is 0 Å². The van der Waals surface area contributed by atoms with Crippen molar-refractivity contribution in [3.05, 3.63) is 46.0 Å². The van der Waals surface area contributed by atoms with E-state index in [0.29, 0.717) is 28.7 Å². The van der Waals surface area contributed by atoms with Crippen LogP contribution in [0.5, 0.6) is 0 Å². The molecule has 0 atom stereocenters. The van der Waals surface area contributed by atoms with Crippen molar-refractivity contribution in [2.75, 3.05) is 18.1 Å². The van der Waals surface area contributed by atoms with E-state index in [4.69, 9.17) is 4.74 Å². The average Bonchev–Trinajstić information content (AvgIpc) is 3.03. The number of carbonyl (C=O) groups is 2. The van der Waals surface area contributed by atoms with Gasteiger partial charge in [-0.15, -0.1) is 0 Å². The number of anilines is 1. The summed E-state index contributed by atoms with van der Waals surface area (Å²) in [5, 5.41) is 0.318. The molecule has 9 heteroatoms. The van der Waals surface area contributed by atoms with Crippen LogP contribution in [0.4, 0.5) is 18.3 Å². The first kappa shape index (κ1) is 21.9. The Bertz CT molecular complexity index is 832. The molecular weight excluding hydrogens is 393 g/mol. The lowest BCUT2D eigenvalue weighted by Gasteiger charge is -2.20. The molecule has 0 fully saturated rings. The summed E-state index contributed by atoms with van der Waals surface area (Å²) < 4.78 is 43.2. The zero-order valence-corrected chi connectivity index (χ0v) is 16.6. The summed E-state index contributed by atoms with van der Waals surface area (Å²) in [6.07, 6.45) is -2.98. The molecule has 0 bridgehead atoms. The van der Waals surface area contributed by atoms with Crippen molar-refractivity contribution in [2.24, 2.45) is 0 Å². The highest BCUT2D eigenvalue weighted by Crippen LogP contribution is 2.31. The highest BCUT2D eigenvalue weighted by atomic mass is 32.1. The van der Waals surface area contributed by atoms with Crippen molar-refractivity contribution < 1.29 is 27.5 Å². The standard InChI is InChI=1S/C19H21F3N2O3S/c1-4-6-11-24(18-23-12(3)15(28-18)17(26)27-5-2)16(25)13-7-9-14(10-8-13)19(20,21)22/h7-10H,4-6,11H2,1-3H3. The van der Waals surface area contributed by atoms with E-state index in [0.717, 1.165) is 42.0 Å². The van der Waals surface area contributed by atoms with E-state index in [1.54, 1.807) is 13.8 Å². The number of aryl methyl sites for hydroxylation is 1. The maximum Gasteiger partial charge on any atom is 0.416 e. The fourth-order valence-electron chi connectivity index (χ4n) is 2.44. The summed E-state index contributed by atoms with van der Waals surface area (Å²) in [6.45, 7) is 5.85. The minimum atomic E-state index is -4.47. The van der Waals surface area contributed by atoms with Crippen LogP contribution < -0.4 is 4.90 Å². The second-order valence-electron chi connectivity index (χ2n) is 6.02. The van der Waals surface area contributed by atoms with Gasteiger partial charge in [-0.3, -0.25) is 9.69 Å². The molecule has 0 aliphatic rings. The minimum Gasteiger partial charge on any atom is -0.462 e. The predicted molar refractivity (Wildman–Crippen MR) is 101 cm³/mol. The number of nitrogens with zero attached hydrogens (tertiary/aromatic N) is 2. The molecule has 1 heterocycles. The van der Waals surface area contributed by atoms with Crippen LogP contribution in [0.1, 0.15) is 58.0 Å². The first-order valence-electron chi connectivity index (χ1n) is 8.82. The van der Waals surface area contributed by atoms with Gasteiger partial charge < -0.3 is 4.74 Å². The molecule has 2 aromatic rings. The van der Waals surface area contributed by atoms with Crippen LogP contribution in [-0.2, 0) is 10.9 Å². The second-order valence-corrected chi connectivity index (χ2v) is 6.99. The van der Waals surface area contributed by atoms with Gasteiger partial charge in [-0.05, 0) is 44.5 Å². The van der Waals surface area contributed by atoms with Crippen LogP contribution in [0.15, 0.2) is 24.3 Å². The number of benzene rings is 1. The number of ether oxygens (including phenoxy) is 1. The molecule has 1 amide bonds. The van der Waals surface area contributed by atoms with Crippen LogP contribution in [-0.4, -0.2) is 30.0 Å². The lowest BCUT2D eigenvalue weighted by Crippen LogP contribution is -2.32. The van der Waals surface area contributed by atoms with Crippen molar-refractivity contribution in [3.8, 4) is 0 Å². The highest BCUT2D eigenvalue weighted by molar-refractivity contribution is 7.17. The molecule has 2 rings (SSSR count). The van der Waals surface area contributed by atoms with E-state index in [1.807, 2.05) is 6.92 Å². The van der Waals surface area contributed by atoms with Gasteiger partial charge in [-0.25, -0.2) is 9.78 Å². The van der Waals surface area contributed by atoms with Crippen LogP contribution in [0.25, 0.3) is 0 Å². The Morgan fingerprint density at radius 2 is 1.82 bits per heavy atom. The van der Waals surface area contributed by atoms with Crippen LogP contribution in [0.3, 0.4) is 0 Å². The Hall–Kier alpha value is -2.42. The monoisotopic (exact) mass is 414 g/mol. The molecule has 0 unspecified atom stereocenters. The predicted octanol–water partition coefficient (Wildman–Crippen LogP) is 5.09. The lowest BCUT2D eigenvalue weighted by atomic mass is 10.1. The Morgan fingerprint density at radius 1 is 1.18 bits per heavy atom. The summed E-state index contributed by atoms with van der Waals surface area (Å²) in [7, 11) is 0. The topological polar surface area (TPSA) is 59.5 Å². The molecule has 1 aromatic heterocycles. The molecule has 0 N–H and O–H groups in total. The quantitative estimate of drug-likeness (QED) is 0.592. The number of hydrogen-bond acceptors (Lipinski definition) is 5. The minimum absolute atomic E-state index is 0.120. The number of aromatic nitrogens is 1. The van der Waals surface area contributed by atoms with Gasteiger partial charge in [-0.2, -0.15) is 13.2 Å². The van der Waals surface area contributed by atoms with Crippen molar-refractivity contribution in [3.63, 3.8) is 0 Å². The zero-order valence-electron chi connectivity index (χ0n) is 15.8. The van der Waals surface area contributed by atoms with Gasteiger partial charge in [0.25, 0.3) is 5.91 Å². The molecule has 0 aliphatic heterocycles. The molecule has 0 spiro atoms. The number of halogens is 3. The summed E-state index contributed by atoms with van der Waals surface area (Å²) in [6, 6.07) is 4.05. The van der Waals surface area contributed by atoms with Gasteiger partial charge in [0.1, 0.15) is 4.88 Å². The summed E-state index contributed by atoms with van der Waals surface area (Å²) in [5.74, 6) is -0.979. The smallest absolute Gasteiger partial charge is 0.416 e. The van der Waals surface area contributed by atoms with Gasteiger partial charge in [0.05, 0.1) is 17.9 Å². The van der Waals surface area contributed by atoms with E-state index in [-0.39, 0.29) is 12.2 Å². The van der Waals surface area contributed by atoms with Crippen LogP contribution >= 0.6 is 11.3 Å². The lowest BCUT2D eigenvalue weighted by molar-refractivity contribution is -0.137. The van der Waals surface area contributed by atoms with Gasteiger partial charge in [-0.1, -0.05) is 24.7 Å². The number of rotatable bonds is 7. The van der Waals surface area contributed by atoms with Crippen molar-refractivity contribution >= 4 is 28.3 Å². The third kappa shape index (κ3) is 5.09. The van der Waals surface area contributed by atoms with Gasteiger partial charge >= 0.3 is 12.1 Å². The molecule has 0 saturated carbocycles. The number of esters is 1. The normalized spacial score (nSPS) is 11.4. The third-order valence-electron chi connectivity index (χ3n) is 3.92. The Labute approximate surface area is 165 Å². The second kappa shape index (κ2) is 9.18. The first-order valence-corrected chi connectivity index (χ1v) is 9.64. The first-order chi connectivity index (χ1) is 13.2. The summed E-state index contributed by atoms with van der Waals surface area (Å²) >= 11 is 1.04. The summed E-state index contributed by atoms with van der Waals surface area (Å²) in [4.78, 5) is 31.0.